The van der Waals surface area contributed by atoms with E-state index in [0.717, 1.165) is 20.0 Å². The Hall–Kier alpha value is -5.01. The molecule has 2 heterocycles. The molecular weight excluding hydrogens is 611 g/mol. The lowest BCUT2D eigenvalue weighted by molar-refractivity contribution is -0.123. The fraction of sp³-hybridized carbons (Fsp3) is 0.455. The molecule has 3 amide bonds. The number of halogens is 1. The van der Waals surface area contributed by atoms with Crippen LogP contribution < -0.4 is 16.2 Å². The number of aromatic nitrogens is 3. The number of amides is 3. The minimum absolute atomic E-state index is 0.0899. The van der Waals surface area contributed by atoms with Crippen LogP contribution in [0.25, 0.3) is 11.0 Å². The first-order chi connectivity index (χ1) is 22.2. The fourth-order valence-corrected chi connectivity index (χ4v) is 4.86. The molecule has 3 aromatic rings. The zero-order valence-corrected chi connectivity index (χ0v) is 27.5. The van der Waals surface area contributed by atoms with Crippen LogP contribution in [-0.4, -0.2) is 75.9 Å². The second-order valence-corrected chi connectivity index (χ2v) is 12.7. The summed E-state index contributed by atoms with van der Waals surface area (Å²) in [5.41, 5.74) is -0.198. The van der Waals surface area contributed by atoms with Gasteiger partial charge in [-0.3, -0.25) is 14.4 Å². The molecule has 1 aliphatic carbocycles. The number of carbonyl (C=O) groups is 4. The Morgan fingerprint density at radius 2 is 1.91 bits per heavy atom. The Morgan fingerprint density at radius 3 is 2.55 bits per heavy atom. The molecule has 0 radical (unpaired) electrons. The Labute approximate surface area is 271 Å². The fourth-order valence-electron chi connectivity index (χ4n) is 4.86. The van der Waals surface area contributed by atoms with Gasteiger partial charge in [-0.15, -0.1) is 0 Å². The number of alkyl carbamates (subject to hydrolysis) is 1. The van der Waals surface area contributed by atoms with Crippen molar-refractivity contribution in [2.75, 3.05) is 26.5 Å². The van der Waals surface area contributed by atoms with Gasteiger partial charge in [0.05, 0.1) is 24.7 Å². The van der Waals surface area contributed by atoms with E-state index in [1.165, 1.54) is 50.6 Å². The van der Waals surface area contributed by atoms with E-state index in [0.29, 0.717) is 23.4 Å². The average molecular weight is 653 g/mol. The molecule has 0 aliphatic heterocycles. The number of likely N-dealkylation sites (N-methyl/N-ethyl adjacent to an activating group) is 1. The molecule has 0 saturated heterocycles. The molecule has 4 rings (SSSR count). The highest BCUT2D eigenvalue weighted by molar-refractivity contribution is 5.96. The lowest BCUT2D eigenvalue weighted by Crippen LogP contribution is -2.44. The van der Waals surface area contributed by atoms with Crippen LogP contribution in [0.5, 0.6) is 0 Å². The first-order valence-electron chi connectivity index (χ1n) is 15.3. The monoisotopic (exact) mass is 652 g/mol. The van der Waals surface area contributed by atoms with Crippen molar-refractivity contribution in [3.63, 3.8) is 0 Å². The molecule has 1 fully saturated rings. The van der Waals surface area contributed by atoms with E-state index in [2.05, 4.69) is 15.4 Å². The number of fused-ring (bicyclic) bond motifs is 1. The topological polar surface area (TPSA) is 154 Å². The van der Waals surface area contributed by atoms with Gasteiger partial charge in [0.2, 0.25) is 11.8 Å². The summed E-state index contributed by atoms with van der Waals surface area (Å²) in [7, 11) is 4.37. The summed E-state index contributed by atoms with van der Waals surface area (Å²) in [4.78, 5) is 70.1. The molecule has 1 atom stereocenters. The van der Waals surface area contributed by atoms with Crippen molar-refractivity contribution >= 4 is 40.7 Å². The predicted molar refractivity (Wildman–Crippen MR) is 173 cm³/mol. The van der Waals surface area contributed by atoms with E-state index in [1.54, 1.807) is 40.9 Å². The van der Waals surface area contributed by atoms with Crippen LogP contribution in [-0.2, 0) is 32.0 Å². The number of carbonyl (C=O) groups excluding carboxylic acids is 4. The van der Waals surface area contributed by atoms with Crippen molar-refractivity contribution in [3.05, 3.63) is 70.2 Å². The van der Waals surface area contributed by atoms with Crippen LogP contribution in [0.4, 0.5) is 19.7 Å². The third-order valence-electron chi connectivity index (χ3n) is 7.36. The van der Waals surface area contributed by atoms with E-state index < -0.39 is 41.1 Å². The number of nitrogens with one attached hydrogen (secondary N) is 2. The summed E-state index contributed by atoms with van der Waals surface area (Å²) in [5.74, 6) is -0.861. The number of rotatable bonds is 11. The largest absolute Gasteiger partial charge is 0.453 e. The number of imidazole rings is 1. The minimum Gasteiger partial charge on any atom is -0.453 e. The van der Waals surface area contributed by atoms with Gasteiger partial charge in [0.1, 0.15) is 29.0 Å². The molecule has 0 unspecified atom stereocenters. The van der Waals surface area contributed by atoms with E-state index in [1.807, 2.05) is 0 Å². The van der Waals surface area contributed by atoms with Crippen LogP contribution in [0.1, 0.15) is 57.8 Å². The highest BCUT2D eigenvalue weighted by atomic mass is 19.1. The first-order valence-corrected chi connectivity index (χ1v) is 15.3. The molecule has 2 aromatic heterocycles. The molecule has 1 aliphatic rings. The molecule has 0 spiro atoms. The smallest absolute Gasteiger partial charge is 0.420 e. The van der Waals surface area contributed by atoms with Crippen molar-refractivity contribution in [1.82, 2.24) is 24.3 Å². The van der Waals surface area contributed by atoms with E-state index in [9.17, 15) is 28.4 Å². The lowest BCUT2D eigenvalue weighted by Gasteiger charge is -2.20. The number of pyridine rings is 1. The molecule has 1 saturated carbocycles. The summed E-state index contributed by atoms with van der Waals surface area (Å²) in [6.45, 7) is 4.93. The molecule has 47 heavy (non-hydrogen) atoms. The summed E-state index contributed by atoms with van der Waals surface area (Å²) >= 11 is 0. The van der Waals surface area contributed by atoms with Crippen molar-refractivity contribution < 1.29 is 33.0 Å². The lowest BCUT2D eigenvalue weighted by atomic mass is 10.1. The van der Waals surface area contributed by atoms with E-state index >= 15 is 0 Å². The zero-order chi connectivity index (χ0) is 34.5. The van der Waals surface area contributed by atoms with Gasteiger partial charge in [0, 0.05) is 26.4 Å². The Bertz CT molecular complexity index is 1750. The average Bonchev–Trinajstić information content (AvgIpc) is 3.73. The second kappa shape index (κ2) is 14.6. The van der Waals surface area contributed by atoms with Gasteiger partial charge >= 0.3 is 12.2 Å². The minimum atomic E-state index is -1.09. The van der Waals surface area contributed by atoms with Crippen LogP contribution in [0.3, 0.4) is 0 Å². The SMILES string of the molecule is COC(=O)N[C@@H](CC/C=C/C(=O)N(C)C)C(=O)Nc1cccn(Cc2nc3c(CC4CC4)cc(F)cc3n2C(=O)OC(C)(C)C)c1=O. The van der Waals surface area contributed by atoms with Gasteiger partial charge < -0.3 is 29.6 Å². The van der Waals surface area contributed by atoms with Crippen molar-refractivity contribution in [2.24, 2.45) is 5.92 Å². The second-order valence-electron chi connectivity index (χ2n) is 12.7. The molecular formula is C33H41FN6O7. The molecule has 14 heteroatoms. The number of anilines is 1. The molecule has 1 aromatic carbocycles. The Kier molecular flexibility index (Phi) is 10.8. The quantitative estimate of drug-likeness (QED) is 0.292. The van der Waals surface area contributed by atoms with Crippen LogP contribution in [0, 0.1) is 11.7 Å². The van der Waals surface area contributed by atoms with Crippen molar-refractivity contribution in [3.8, 4) is 0 Å². The maximum atomic E-state index is 14.8. The number of allylic oxidation sites excluding steroid dienone is 1. The third-order valence-corrected chi connectivity index (χ3v) is 7.36. The number of hydrogen-bond acceptors (Lipinski definition) is 8. The summed E-state index contributed by atoms with van der Waals surface area (Å²) in [6, 6.07) is 4.50. The Morgan fingerprint density at radius 1 is 1.19 bits per heavy atom. The number of ether oxygens (including phenoxy) is 2. The number of benzene rings is 1. The summed E-state index contributed by atoms with van der Waals surface area (Å²) in [6.07, 6.45) is 5.86. The van der Waals surface area contributed by atoms with Crippen LogP contribution in [0.2, 0.25) is 0 Å². The maximum absolute atomic E-state index is 14.8. The predicted octanol–water partition coefficient (Wildman–Crippen LogP) is 4.21. The zero-order valence-electron chi connectivity index (χ0n) is 27.5. The van der Waals surface area contributed by atoms with E-state index in [-0.39, 0.29) is 42.3 Å². The van der Waals surface area contributed by atoms with Crippen molar-refractivity contribution in [1.29, 1.82) is 0 Å². The number of hydrogen-bond donors (Lipinski definition) is 2. The normalized spacial score (nSPS) is 13.8. The van der Waals surface area contributed by atoms with E-state index in [4.69, 9.17) is 9.72 Å². The van der Waals surface area contributed by atoms with Gasteiger partial charge in [0.15, 0.2) is 0 Å². The Balaban J connectivity index is 1.63. The molecule has 252 valence electrons. The van der Waals surface area contributed by atoms with Crippen LogP contribution in [0.15, 0.2) is 47.4 Å². The van der Waals surface area contributed by atoms with Gasteiger partial charge in [-0.05, 0) is 88.6 Å². The number of nitrogens with zero attached hydrogens (tertiary/aromatic N) is 4. The highest BCUT2D eigenvalue weighted by Gasteiger charge is 2.28. The third kappa shape index (κ3) is 9.27. The number of methoxy groups -OCH3 is 1. The van der Waals surface area contributed by atoms with Gasteiger partial charge in [-0.2, -0.15) is 0 Å². The first kappa shape index (κ1) is 34.9. The van der Waals surface area contributed by atoms with Crippen LogP contribution >= 0.6 is 0 Å². The molecule has 2 N–H and O–H groups in total. The summed E-state index contributed by atoms with van der Waals surface area (Å²) in [5, 5.41) is 5.01. The van der Waals surface area contributed by atoms with Crippen molar-refractivity contribution in [2.45, 2.75) is 71.1 Å². The maximum Gasteiger partial charge on any atom is 0.420 e. The molecule has 0 bridgehead atoms. The highest BCUT2D eigenvalue weighted by Crippen LogP contribution is 2.35. The van der Waals surface area contributed by atoms with Gasteiger partial charge in [0.25, 0.3) is 5.56 Å². The molecule has 13 nitrogen and oxygen atoms in total. The van der Waals surface area contributed by atoms with Gasteiger partial charge in [-0.25, -0.2) is 23.5 Å². The summed E-state index contributed by atoms with van der Waals surface area (Å²) < 4.78 is 27.5. The standard InChI is InChI=1S/C33H41FN6O7/c1-33(2,3)47-32(45)40-25-18-22(34)17-21(16-20-13-14-20)28(25)37-26(40)19-39-15-9-11-24(30(39)43)35-29(42)23(36-31(44)46-6)10-7-8-12-27(41)38(4)5/h8-9,11-12,15,17-18,20,23H,7,10,13-14,16,19H2,1-6H3,(H,35,42)(H,36,44)/b12-8+/t23-/m0/s1. The van der Waals surface area contributed by atoms with Gasteiger partial charge in [-0.1, -0.05) is 6.08 Å².